The maximum absolute atomic E-state index is 11.9. The molecule has 0 aliphatic rings. The van der Waals surface area contributed by atoms with E-state index in [4.69, 9.17) is 11.6 Å². The fourth-order valence-corrected chi connectivity index (χ4v) is 3.72. The van der Waals surface area contributed by atoms with Gasteiger partial charge < -0.3 is 0 Å². The summed E-state index contributed by atoms with van der Waals surface area (Å²) in [4.78, 5) is 0. The molecule has 0 saturated heterocycles. The van der Waals surface area contributed by atoms with E-state index in [0.717, 1.165) is 12.0 Å². The number of nitrogens with one attached hydrogen (secondary N) is 1. The molecule has 5 heteroatoms. The Balaban J connectivity index is 2.70. The molecule has 0 aromatic heterocycles. The Labute approximate surface area is 121 Å². The van der Waals surface area contributed by atoms with E-state index in [1.54, 1.807) is 0 Å². The molecule has 1 aromatic carbocycles. The van der Waals surface area contributed by atoms with E-state index in [0.29, 0.717) is 5.88 Å². The van der Waals surface area contributed by atoms with E-state index in [1.807, 2.05) is 38.1 Å². The number of rotatable bonds is 7. The van der Waals surface area contributed by atoms with E-state index < -0.39 is 10.0 Å². The van der Waals surface area contributed by atoms with Crippen molar-refractivity contribution in [2.45, 2.75) is 33.2 Å². The molecule has 19 heavy (non-hydrogen) atoms. The molecule has 108 valence electrons. The van der Waals surface area contributed by atoms with Crippen LogP contribution in [0.5, 0.6) is 0 Å². The number of hydrogen-bond donors (Lipinski definition) is 1. The molecule has 1 rings (SSSR count). The van der Waals surface area contributed by atoms with Crippen LogP contribution >= 0.6 is 11.6 Å². The first-order chi connectivity index (χ1) is 8.88. The van der Waals surface area contributed by atoms with Crippen LogP contribution in [0, 0.1) is 5.92 Å². The molecular formula is C14H22ClNO2S. The van der Waals surface area contributed by atoms with E-state index in [1.165, 1.54) is 5.56 Å². The van der Waals surface area contributed by atoms with E-state index in [9.17, 15) is 8.42 Å². The molecule has 0 fully saturated rings. The molecule has 0 saturated carbocycles. The molecule has 0 spiro atoms. The van der Waals surface area contributed by atoms with Gasteiger partial charge in [0.15, 0.2) is 0 Å². The van der Waals surface area contributed by atoms with Crippen LogP contribution in [0.3, 0.4) is 0 Å². The Morgan fingerprint density at radius 2 is 1.79 bits per heavy atom. The van der Waals surface area contributed by atoms with Gasteiger partial charge in [-0.15, -0.1) is 11.6 Å². The van der Waals surface area contributed by atoms with Crippen LogP contribution in [-0.2, 0) is 16.4 Å². The minimum Gasteiger partial charge on any atom is -0.212 e. The van der Waals surface area contributed by atoms with Crippen LogP contribution in [-0.4, -0.2) is 20.1 Å². The molecule has 0 heterocycles. The van der Waals surface area contributed by atoms with Gasteiger partial charge in [0.2, 0.25) is 10.0 Å². The number of alkyl halides is 1. The SMILES string of the molecule is CCc1ccc(C(C)NS(=O)(=O)CC(C)CCl)cc1. The lowest BCUT2D eigenvalue weighted by Crippen LogP contribution is -2.31. The highest BCUT2D eigenvalue weighted by atomic mass is 35.5. The van der Waals surface area contributed by atoms with Gasteiger partial charge >= 0.3 is 0 Å². The molecule has 1 aromatic rings. The van der Waals surface area contributed by atoms with Crippen molar-refractivity contribution in [2.75, 3.05) is 11.6 Å². The number of sulfonamides is 1. The van der Waals surface area contributed by atoms with Crippen molar-refractivity contribution >= 4 is 21.6 Å². The van der Waals surface area contributed by atoms with Crippen molar-refractivity contribution in [1.82, 2.24) is 4.72 Å². The fourth-order valence-electron chi connectivity index (χ4n) is 1.85. The lowest BCUT2D eigenvalue weighted by Gasteiger charge is -2.16. The molecule has 0 aliphatic heterocycles. The Bertz CT molecular complexity index is 485. The summed E-state index contributed by atoms with van der Waals surface area (Å²) in [6.07, 6.45) is 0.980. The Morgan fingerprint density at radius 1 is 1.21 bits per heavy atom. The minimum atomic E-state index is -3.29. The Hall–Kier alpha value is -0.580. The predicted molar refractivity (Wildman–Crippen MR) is 81.0 cm³/mol. The summed E-state index contributed by atoms with van der Waals surface area (Å²) < 4.78 is 26.6. The van der Waals surface area contributed by atoms with Crippen molar-refractivity contribution in [3.05, 3.63) is 35.4 Å². The highest BCUT2D eigenvalue weighted by Gasteiger charge is 2.18. The van der Waals surface area contributed by atoms with Crippen LogP contribution in [0.1, 0.15) is 37.9 Å². The second-order valence-corrected chi connectivity index (χ2v) is 7.08. The Kier molecular flexibility index (Phi) is 6.30. The summed E-state index contributed by atoms with van der Waals surface area (Å²) in [7, 11) is -3.29. The van der Waals surface area contributed by atoms with Gasteiger partial charge in [-0.1, -0.05) is 38.1 Å². The largest absolute Gasteiger partial charge is 0.212 e. The highest BCUT2D eigenvalue weighted by Crippen LogP contribution is 2.15. The third-order valence-corrected chi connectivity index (χ3v) is 5.26. The highest BCUT2D eigenvalue weighted by molar-refractivity contribution is 7.89. The molecule has 2 atom stereocenters. The summed E-state index contributed by atoms with van der Waals surface area (Å²) in [6.45, 7) is 5.77. The molecule has 3 nitrogen and oxygen atoms in total. The van der Waals surface area contributed by atoms with Gasteiger partial charge in [0.1, 0.15) is 0 Å². The fraction of sp³-hybridized carbons (Fsp3) is 0.571. The van der Waals surface area contributed by atoms with E-state index in [2.05, 4.69) is 11.6 Å². The first-order valence-corrected chi connectivity index (χ1v) is 8.71. The number of halogens is 1. The van der Waals surface area contributed by atoms with Crippen molar-refractivity contribution < 1.29 is 8.42 Å². The van der Waals surface area contributed by atoms with Gasteiger partial charge in [-0.25, -0.2) is 13.1 Å². The topological polar surface area (TPSA) is 46.2 Å². The quantitative estimate of drug-likeness (QED) is 0.787. The van der Waals surface area contributed by atoms with Crippen LogP contribution in [0.4, 0.5) is 0 Å². The van der Waals surface area contributed by atoms with Crippen LogP contribution < -0.4 is 4.72 Å². The third-order valence-electron chi connectivity index (χ3n) is 3.01. The second kappa shape index (κ2) is 7.27. The van der Waals surface area contributed by atoms with Crippen molar-refractivity contribution in [1.29, 1.82) is 0 Å². The maximum atomic E-state index is 11.9. The zero-order valence-corrected chi connectivity index (χ0v) is 13.3. The number of hydrogen-bond acceptors (Lipinski definition) is 2. The van der Waals surface area contributed by atoms with Crippen LogP contribution in [0.2, 0.25) is 0 Å². The summed E-state index contributed by atoms with van der Waals surface area (Å²) in [5.74, 6) is 0.364. The predicted octanol–water partition coefficient (Wildman–Crippen LogP) is 3.10. The van der Waals surface area contributed by atoms with Gasteiger partial charge in [-0.3, -0.25) is 0 Å². The van der Waals surface area contributed by atoms with Gasteiger partial charge in [-0.2, -0.15) is 0 Å². The third kappa shape index (κ3) is 5.51. The summed E-state index contributed by atoms with van der Waals surface area (Å²) in [6, 6.07) is 7.77. The van der Waals surface area contributed by atoms with Gasteiger partial charge in [0, 0.05) is 11.9 Å². The zero-order valence-electron chi connectivity index (χ0n) is 11.7. The summed E-state index contributed by atoms with van der Waals surface area (Å²) in [5.41, 5.74) is 2.22. The standard InChI is InChI=1S/C14H22ClNO2S/c1-4-13-5-7-14(8-6-13)12(3)16-19(17,18)10-11(2)9-15/h5-8,11-12,16H,4,9-10H2,1-3H3. The molecule has 0 aliphatic carbocycles. The average Bonchev–Trinajstić information content (AvgIpc) is 2.37. The lowest BCUT2D eigenvalue weighted by molar-refractivity contribution is 0.555. The molecule has 0 amide bonds. The van der Waals surface area contributed by atoms with Crippen LogP contribution in [0.25, 0.3) is 0 Å². The minimum absolute atomic E-state index is 0.0474. The van der Waals surface area contributed by atoms with Crippen molar-refractivity contribution in [2.24, 2.45) is 5.92 Å². The number of benzene rings is 1. The van der Waals surface area contributed by atoms with Crippen molar-refractivity contribution in [3.8, 4) is 0 Å². The molecule has 2 unspecified atom stereocenters. The zero-order chi connectivity index (χ0) is 14.5. The van der Waals surface area contributed by atoms with Gasteiger partial charge in [-0.05, 0) is 30.4 Å². The first kappa shape index (κ1) is 16.5. The van der Waals surface area contributed by atoms with E-state index in [-0.39, 0.29) is 17.7 Å². The first-order valence-electron chi connectivity index (χ1n) is 6.52. The Morgan fingerprint density at radius 3 is 2.26 bits per heavy atom. The van der Waals surface area contributed by atoms with Crippen LogP contribution in [0.15, 0.2) is 24.3 Å². The van der Waals surface area contributed by atoms with Gasteiger partial charge in [0.25, 0.3) is 0 Å². The molecule has 0 radical (unpaired) electrons. The summed E-state index contributed by atoms with van der Waals surface area (Å²) in [5, 5.41) is 0. The monoisotopic (exact) mass is 303 g/mol. The average molecular weight is 304 g/mol. The van der Waals surface area contributed by atoms with E-state index >= 15 is 0 Å². The molecule has 1 N–H and O–H groups in total. The normalized spacial score (nSPS) is 15.2. The van der Waals surface area contributed by atoms with Crippen molar-refractivity contribution in [3.63, 3.8) is 0 Å². The summed E-state index contributed by atoms with van der Waals surface area (Å²) >= 11 is 5.65. The molecular weight excluding hydrogens is 282 g/mol. The molecule has 0 bridgehead atoms. The smallest absolute Gasteiger partial charge is 0.212 e. The maximum Gasteiger partial charge on any atom is 0.212 e. The number of aryl methyl sites for hydroxylation is 1. The lowest BCUT2D eigenvalue weighted by atomic mass is 10.1. The second-order valence-electron chi connectivity index (χ2n) is 4.98. The van der Waals surface area contributed by atoms with Gasteiger partial charge in [0.05, 0.1) is 5.75 Å².